The van der Waals surface area contributed by atoms with Crippen molar-refractivity contribution in [3.05, 3.63) is 0 Å². The number of carbonyl (C=O) groups excluding carboxylic acids is 1. The summed E-state index contributed by atoms with van der Waals surface area (Å²) in [5.41, 5.74) is 0. The summed E-state index contributed by atoms with van der Waals surface area (Å²) in [6, 6.07) is 0. The van der Waals surface area contributed by atoms with Crippen LogP contribution in [-0.4, -0.2) is 19.4 Å². The molecule has 3 nitrogen and oxygen atoms in total. The maximum atomic E-state index is 11.3. The third-order valence-electron chi connectivity index (χ3n) is 4.69. The van der Waals surface area contributed by atoms with Gasteiger partial charge in [-0.3, -0.25) is 0 Å². The lowest BCUT2D eigenvalue weighted by Crippen LogP contribution is -2.09. The van der Waals surface area contributed by atoms with Gasteiger partial charge < -0.3 is 9.47 Å². The van der Waals surface area contributed by atoms with Gasteiger partial charge in [0.05, 0.1) is 13.2 Å². The summed E-state index contributed by atoms with van der Waals surface area (Å²) in [4.78, 5) is 11.3. The smallest absolute Gasteiger partial charge is 0.434 e. The average Bonchev–Trinajstić information content (AvgIpc) is 2.62. The molecule has 0 unspecified atom stereocenters. The zero-order valence-electron chi connectivity index (χ0n) is 17.2. The summed E-state index contributed by atoms with van der Waals surface area (Å²) in [5.74, 6) is 0. The minimum absolute atomic E-state index is 0.491. The van der Waals surface area contributed by atoms with Crippen LogP contribution in [0.4, 0.5) is 4.79 Å². The highest BCUT2D eigenvalue weighted by molar-refractivity contribution is 5.59. The quantitative estimate of drug-likeness (QED) is 0.175. The predicted octanol–water partition coefficient (Wildman–Crippen LogP) is 7.81. The molecular weight excluding hydrogens is 312 g/mol. The molecule has 0 spiro atoms. The maximum Gasteiger partial charge on any atom is 0.508 e. The molecule has 0 aliphatic carbocycles. The Hall–Kier alpha value is -0.730. The number of carbonyl (C=O) groups is 1. The molecule has 0 aromatic rings. The largest absolute Gasteiger partial charge is 0.508 e. The van der Waals surface area contributed by atoms with Crippen molar-refractivity contribution < 1.29 is 14.3 Å². The normalized spacial score (nSPS) is 10.8. The second-order valence-electron chi connectivity index (χ2n) is 7.25. The van der Waals surface area contributed by atoms with Crippen LogP contribution < -0.4 is 0 Å². The summed E-state index contributed by atoms with van der Waals surface area (Å²) >= 11 is 0. The Balaban J connectivity index is 3.08. The van der Waals surface area contributed by atoms with Gasteiger partial charge in [0.15, 0.2) is 0 Å². The Morgan fingerprint density at radius 3 is 1.16 bits per heavy atom. The van der Waals surface area contributed by atoms with E-state index in [4.69, 9.17) is 9.47 Å². The van der Waals surface area contributed by atoms with Gasteiger partial charge in [-0.15, -0.1) is 0 Å². The van der Waals surface area contributed by atoms with Crippen molar-refractivity contribution >= 4 is 6.16 Å². The first kappa shape index (κ1) is 24.3. The summed E-state index contributed by atoms with van der Waals surface area (Å²) in [5, 5.41) is 0. The lowest BCUT2D eigenvalue weighted by atomic mass is 10.0. The van der Waals surface area contributed by atoms with E-state index in [0.29, 0.717) is 13.2 Å². The van der Waals surface area contributed by atoms with Crippen molar-refractivity contribution in [2.75, 3.05) is 13.2 Å². The molecule has 25 heavy (non-hydrogen) atoms. The van der Waals surface area contributed by atoms with E-state index in [-0.39, 0.29) is 0 Å². The second-order valence-corrected chi connectivity index (χ2v) is 7.25. The summed E-state index contributed by atoms with van der Waals surface area (Å²) in [7, 11) is 0. The number of hydrogen-bond donors (Lipinski definition) is 0. The zero-order chi connectivity index (χ0) is 18.4. The Morgan fingerprint density at radius 1 is 0.480 bits per heavy atom. The standard InChI is InChI=1S/C22H44O3/c1-3-5-7-8-9-10-11-12-13-14-15-16-17-19-21-25-22(23)24-20-18-6-4-2/h3-21H2,1-2H3. The van der Waals surface area contributed by atoms with E-state index in [1.807, 2.05) is 0 Å². The van der Waals surface area contributed by atoms with E-state index < -0.39 is 6.16 Å². The highest BCUT2D eigenvalue weighted by Crippen LogP contribution is 2.13. The molecule has 150 valence electrons. The van der Waals surface area contributed by atoms with Gasteiger partial charge in [0.2, 0.25) is 0 Å². The van der Waals surface area contributed by atoms with Crippen LogP contribution in [0, 0.1) is 0 Å². The number of unbranched alkanes of at least 4 members (excludes halogenated alkanes) is 15. The molecule has 0 saturated carbocycles. The van der Waals surface area contributed by atoms with Gasteiger partial charge in [-0.25, -0.2) is 4.79 Å². The number of ether oxygens (including phenoxy) is 2. The number of hydrogen-bond acceptors (Lipinski definition) is 3. The average molecular weight is 357 g/mol. The maximum absolute atomic E-state index is 11.3. The zero-order valence-corrected chi connectivity index (χ0v) is 17.2. The molecule has 0 radical (unpaired) electrons. The van der Waals surface area contributed by atoms with E-state index in [9.17, 15) is 4.79 Å². The molecule has 0 aliphatic heterocycles. The molecule has 0 aromatic heterocycles. The summed E-state index contributed by atoms with van der Waals surface area (Å²) in [6.07, 6.45) is 21.4. The van der Waals surface area contributed by atoms with Gasteiger partial charge in [0.25, 0.3) is 0 Å². The van der Waals surface area contributed by atoms with Crippen LogP contribution in [0.2, 0.25) is 0 Å². The van der Waals surface area contributed by atoms with Crippen molar-refractivity contribution in [2.24, 2.45) is 0 Å². The minimum Gasteiger partial charge on any atom is -0.434 e. The molecule has 0 aliphatic rings. The molecular formula is C22H44O3. The molecule has 0 fully saturated rings. The number of rotatable bonds is 19. The SMILES string of the molecule is CCCCCCCCCCCCCCCCOC(=O)OCCCCC. The van der Waals surface area contributed by atoms with E-state index in [1.165, 1.54) is 77.0 Å². The molecule has 0 rings (SSSR count). The molecule has 0 heterocycles. The first-order valence-electron chi connectivity index (χ1n) is 11.1. The fourth-order valence-electron chi connectivity index (χ4n) is 3.00. The van der Waals surface area contributed by atoms with Crippen LogP contribution in [0.15, 0.2) is 0 Å². The Morgan fingerprint density at radius 2 is 0.760 bits per heavy atom. The minimum atomic E-state index is -0.495. The van der Waals surface area contributed by atoms with Crippen LogP contribution in [0.25, 0.3) is 0 Å². The van der Waals surface area contributed by atoms with E-state index >= 15 is 0 Å². The molecule has 0 bridgehead atoms. The third-order valence-corrected chi connectivity index (χ3v) is 4.69. The van der Waals surface area contributed by atoms with Gasteiger partial charge in [0.1, 0.15) is 0 Å². The fraction of sp³-hybridized carbons (Fsp3) is 0.955. The van der Waals surface area contributed by atoms with Gasteiger partial charge in [0, 0.05) is 0 Å². The van der Waals surface area contributed by atoms with E-state index in [2.05, 4.69) is 13.8 Å². The van der Waals surface area contributed by atoms with Crippen LogP contribution in [0.5, 0.6) is 0 Å². The van der Waals surface area contributed by atoms with Crippen molar-refractivity contribution in [1.82, 2.24) is 0 Å². The first-order chi connectivity index (χ1) is 12.3. The third kappa shape index (κ3) is 21.2. The van der Waals surface area contributed by atoms with Crippen molar-refractivity contribution in [3.63, 3.8) is 0 Å². The topological polar surface area (TPSA) is 35.5 Å². The summed E-state index contributed by atoms with van der Waals surface area (Å²) in [6.45, 7) is 5.40. The lowest BCUT2D eigenvalue weighted by Gasteiger charge is -2.06. The van der Waals surface area contributed by atoms with Gasteiger partial charge >= 0.3 is 6.16 Å². The van der Waals surface area contributed by atoms with Gasteiger partial charge in [-0.05, 0) is 12.8 Å². The van der Waals surface area contributed by atoms with E-state index in [0.717, 1.165) is 32.1 Å². The molecule has 3 heteroatoms. The highest BCUT2D eigenvalue weighted by atomic mass is 16.7. The summed E-state index contributed by atoms with van der Waals surface area (Å²) < 4.78 is 10.1. The lowest BCUT2D eigenvalue weighted by molar-refractivity contribution is 0.0530. The Kier molecular flexibility index (Phi) is 20.7. The van der Waals surface area contributed by atoms with Crippen LogP contribution >= 0.6 is 0 Å². The molecule has 0 saturated heterocycles. The van der Waals surface area contributed by atoms with Crippen molar-refractivity contribution in [2.45, 2.75) is 123 Å². The van der Waals surface area contributed by atoms with Crippen LogP contribution in [-0.2, 0) is 9.47 Å². The fourth-order valence-corrected chi connectivity index (χ4v) is 3.00. The molecule has 0 amide bonds. The molecule has 0 N–H and O–H groups in total. The van der Waals surface area contributed by atoms with Crippen molar-refractivity contribution in [1.29, 1.82) is 0 Å². The van der Waals surface area contributed by atoms with Gasteiger partial charge in [-0.1, -0.05) is 110 Å². The first-order valence-corrected chi connectivity index (χ1v) is 11.1. The second kappa shape index (κ2) is 21.3. The van der Waals surface area contributed by atoms with Crippen LogP contribution in [0.1, 0.15) is 123 Å². The predicted molar refractivity (Wildman–Crippen MR) is 107 cm³/mol. The molecule has 0 aromatic carbocycles. The molecule has 0 atom stereocenters. The van der Waals surface area contributed by atoms with E-state index in [1.54, 1.807) is 0 Å². The monoisotopic (exact) mass is 356 g/mol. The van der Waals surface area contributed by atoms with Crippen molar-refractivity contribution in [3.8, 4) is 0 Å². The van der Waals surface area contributed by atoms with Crippen LogP contribution in [0.3, 0.4) is 0 Å². The highest BCUT2D eigenvalue weighted by Gasteiger charge is 2.02. The Bertz CT molecular complexity index is 266. The van der Waals surface area contributed by atoms with Gasteiger partial charge in [-0.2, -0.15) is 0 Å². The Labute approximate surface area is 157 Å².